The quantitative estimate of drug-likeness (QED) is 0.901. The fourth-order valence-corrected chi connectivity index (χ4v) is 2.39. The molecule has 0 aliphatic heterocycles. The Balaban J connectivity index is 2.54. The normalized spacial score (nSPS) is 12.8. The van der Waals surface area contributed by atoms with Crippen molar-refractivity contribution >= 4 is 33.0 Å². The second kappa shape index (κ2) is 4.88. The number of hydrogen-bond donors (Lipinski definition) is 1. The average Bonchev–Trinajstić information content (AvgIpc) is 2.49. The zero-order valence-electron chi connectivity index (χ0n) is 7.63. The van der Waals surface area contributed by atoms with E-state index < -0.39 is 0 Å². The molecule has 0 amide bonds. The van der Waals surface area contributed by atoms with Crippen LogP contribution in [0.15, 0.2) is 15.9 Å². The Hall–Kier alpha value is -0.190. The van der Waals surface area contributed by atoms with Crippen LogP contribution in [0.4, 0.5) is 0 Å². The molecule has 0 saturated carbocycles. The van der Waals surface area contributed by atoms with Crippen molar-refractivity contribution in [3.8, 4) is 0 Å². The fourth-order valence-electron chi connectivity index (χ4n) is 0.932. The van der Waals surface area contributed by atoms with Gasteiger partial charge in [-0.05, 0) is 36.0 Å². The highest BCUT2D eigenvalue weighted by Gasteiger charge is 2.11. The van der Waals surface area contributed by atoms with E-state index in [0.717, 1.165) is 9.35 Å². The van der Waals surface area contributed by atoms with Crippen LogP contribution in [0.25, 0.3) is 0 Å². The molecule has 13 heavy (non-hydrogen) atoms. The Morgan fingerprint density at radius 1 is 1.77 bits per heavy atom. The fraction of sp³-hybridized carbons (Fsp3) is 0.444. The van der Waals surface area contributed by atoms with Gasteiger partial charge in [-0.3, -0.25) is 4.79 Å². The van der Waals surface area contributed by atoms with Crippen molar-refractivity contribution in [1.82, 2.24) is 5.32 Å². The van der Waals surface area contributed by atoms with E-state index in [1.165, 1.54) is 0 Å². The van der Waals surface area contributed by atoms with Gasteiger partial charge in [-0.2, -0.15) is 0 Å². The standard InChI is InChI=1S/C9H12BrNOS/c1-6(11-2)9(12)4-8-3-7(10)5-13-8/h3,5-6,11H,4H2,1-2H3. The predicted molar refractivity (Wildman–Crippen MR) is 59.3 cm³/mol. The van der Waals surface area contributed by atoms with Crippen molar-refractivity contribution in [2.45, 2.75) is 19.4 Å². The highest BCUT2D eigenvalue weighted by Crippen LogP contribution is 2.20. The number of nitrogens with one attached hydrogen (secondary N) is 1. The Morgan fingerprint density at radius 2 is 2.46 bits per heavy atom. The molecule has 1 atom stereocenters. The summed E-state index contributed by atoms with van der Waals surface area (Å²) < 4.78 is 1.05. The molecule has 0 saturated heterocycles. The van der Waals surface area contributed by atoms with Gasteiger partial charge in [0.2, 0.25) is 0 Å². The van der Waals surface area contributed by atoms with Crippen molar-refractivity contribution in [1.29, 1.82) is 0 Å². The van der Waals surface area contributed by atoms with Crippen LogP contribution in [-0.4, -0.2) is 18.9 Å². The Kier molecular flexibility index (Phi) is 4.09. The molecule has 1 aromatic heterocycles. The number of Topliss-reactive ketones (excluding diaryl/α,β-unsaturated/α-hetero) is 1. The number of carbonyl (C=O) groups is 1. The van der Waals surface area contributed by atoms with Gasteiger partial charge in [0.1, 0.15) is 0 Å². The zero-order valence-corrected chi connectivity index (χ0v) is 10.0. The molecule has 1 rings (SSSR count). The van der Waals surface area contributed by atoms with Gasteiger partial charge < -0.3 is 5.32 Å². The second-order valence-corrected chi connectivity index (χ2v) is 4.80. The molecule has 0 aliphatic carbocycles. The van der Waals surface area contributed by atoms with Crippen LogP contribution < -0.4 is 5.32 Å². The maximum Gasteiger partial charge on any atom is 0.154 e. The van der Waals surface area contributed by atoms with E-state index in [1.807, 2.05) is 18.4 Å². The predicted octanol–water partition coefficient (Wildman–Crippen LogP) is 2.23. The van der Waals surface area contributed by atoms with Crippen molar-refractivity contribution in [2.24, 2.45) is 0 Å². The smallest absolute Gasteiger partial charge is 0.154 e. The molecule has 0 aliphatic rings. The summed E-state index contributed by atoms with van der Waals surface area (Å²) in [5.74, 6) is 0.233. The third-order valence-electron chi connectivity index (χ3n) is 1.89. The van der Waals surface area contributed by atoms with Crippen molar-refractivity contribution in [3.63, 3.8) is 0 Å². The summed E-state index contributed by atoms with van der Waals surface area (Å²) in [6.07, 6.45) is 0.526. The van der Waals surface area contributed by atoms with E-state index in [1.54, 1.807) is 18.4 Å². The Morgan fingerprint density at radius 3 is 2.92 bits per heavy atom. The van der Waals surface area contributed by atoms with Gasteiger partial charge in [-0.1, -0.05) is 0 Å². The first kappa shape index (κ1) is 10.9. The third-order valence-corrected chi connectivity index (χ3v) is 3.58. The highest BCUT2D eigenvalue weighted by atomic mass is 79.9. The van der Waals surface area contributed by atoms with E-state index in [9.17, 15) is 4.79 Å². The number of ketones is 1. The van der Waals surface area contributed by atoms with Crippen LogP contribution in [0, 0.1) is 0 Å². The lowest BCUT2D eigenvalue weighted by atomic mass is 10.1. The van der Waals surface area contributed by atoms with E-state index in [2.05, 4.69) is 21.2 Å². The summed E-state index contributed by atoms with van der Waals surface area (Å²) in [5.41, 5.74) is 0. The molecule has 0 fully saturated rings. The first-order valence-corrected chi connectivity index (χ1v) is 5.73. The van der Waals surface area contributed by atoms with Crippen LogP contribution in [0.5, 0.6) is 0 Å². The SMILES string of the molecule is CNC(C)C(=O)Cc1cc(Br)cs1. The molecule has 2 nitrogen and oxygen atoms in total. The monoisotopic (exact) mass is 261 g/mol. The molecule has 1 heterocycles. The van der Waals surface area contributed by atoms with Crippen LogP contribution in [0.1, 0.15) is 11.8 Å². The van der Waals surface area contributed by atoms with Crippen LogP contribution in [-0.2, 0) is 11.2 Å². The lowest BCUT2D eigenvalue weighted by Crippen LogP contribution is -2.31. The zero-order chi connectivity index (χ0) is 9.84. The van der Waals surface area contributed by atoms with Gasteiger partial charge >= 0.3 is 0 Å². The Labute approximate surface area is 90.5 Å². The van der Waals surface area contributed by atoms with Gasteiger partial charge in [0.25, 0.3) is 0 Å². The third kappa shape index (κ3) is 3.21. The molecule has 1 N–H and O–H groups in total. The number of rotatable bonds is 4. The van der Waals surface area contributed by atoms with E-state index in [4.69, 9.17) is 0 Å². The first-order chi connectivity index (χ1) is 6.13. The minimum atomic E-state index is -0.0547. The number of thiophene rings is 1. The van der Waals surface area contributed by atoms with Crippen molar-refractivity contribution in [2.75, 3.05) is 7.05 Å². The summed E-state index contributed by atoms with van der Waals surface area (Å²) in [4.78, 5) is 12.6. The molecule has 0 radical (unpaired) electrons. The lowest BCUT2D eigenvalue weighted by molar-refractivity contribution is -0.119. The van der Waals surface area contributed by atoms with E-state index in [-0.39, 0.29) is 11.8 Å². The molecule has 4 heteroatoms. The summed E-state index contributed by atoms with van der Waals surface area (Å²) >= 11 is 4.97. The topological polar surface area (TPSA) is 29.1 Å². The summed E-state index contributed by atoms with van der Waals surface area (Å²) in [7, 11) is 1.80. The maximum absolute atomic E-state index is 11.5. The van der Waals surface area contributed by atoms with E-state index in [0.29, 0.717) is 6.42 Å². The van der Waals surface area contributed by atoms with Gasteiger partial charge in [0, 0.05) is 21.2 Å². The van der Waals surface area contributed by atoms with Crippen LogP contribution >= 0.6 is 27.3 Å². The summed E-state index contributed by atoms with van der Waals surface area (Å²) in [6, 6.07) is 1.94. The second-order valence-electron chi connectivity index (χ2n) is 2.88. The Bertz CT molecular complexity index is 298. The maximum atomic E-state index is 11.5. The molecule has 1 unspecified atom stereocenters. The van der Waals surface area contributed by atoms with Crippen LogP contribution in [0.3, 0.4) is 0 Å². The average molecular weight is 262 g/mol. The van der Waals surface area contributed by atoms with Gasteiger partial charge in [0.05, 0.1) is 6.04 Å². The van der Waals surface area contributed by atoms with Crippen molar-refractivity contribution < 1.29 is 4.79 Å². The molecular formula is C9H12BrNOS. The number of carbonyl (C=O) groups excluding carboxylic acids is 1. The highest BCUT2D eigenvalue weighted by molar-refractivity contribution is 9.10. The number of hydrogen-bond acceptors (Lipinski definition) is 3. The molecule has 0 spiro atoms. The molecule has 0 bridgehead atoms. The minimum Gasteiger partial charge on any atom is -0.311 e. The van der Waals surface area contributed by atoms with Gasteiger partial charge in [-0.25, -0.2) is 0 Å². The van der Waals surface area contributed by atoms with Crippen molar-refractivity contribution in [3.05, 3.63) is 20.8 Å². The first-order valence-electron chi connectivity index (χ1n) is 4.06. The van der Waals surface area contributed by atoms with E-state index >= 15 is 0 Å². The molecular weight excluding hydrogens is 250 g/mol. The molecule has 1 aromatic rings. The summed E-state index contributed by atoms with van der Waals surface area (Å²) in [5, 5.41) is 4.93. The van der Waals surface area contributed by atoms with Gasteiger partial charge in [0.15, 0.2) is 5.78 Å². The number of halogens is 1. The molecule has 0 aromatic carbocycles. The van der Waals surface area contributed by atoms with Crippen LogP contribution in [0.2, 0.25) is 0 Å². The molecule has 72 valence electrons. The lowest BCUT2D eigenvalue weighted by Gasteiger charge is -2.06. The van der Waals surface area contributed by atoms with Gasteiger partial charge in [-0.15, -0.1) is 11.3 Å². The summed E-state index contributed by atoms with van der Waals surface area (Å²) in [6.45, 7) is 1.88. The minimum absolute atomic E-state index is 0.0547. The largest absolute Gasteiger partial charge is 0.311 e. The number of likely N-dealkylation sites (N-methyl/N-ethyl adjacent to an activating group) is 1.